The minimum Gasteiger partial charge on any atom is -0.508 e. The van der Waals surface area contributed by atoms with Crippen molar-refractivity contribution in [3.05, 3.63) is 23.8 Å². The fourth-order valence-corrected chi connectivity index (χ4v) is 1.14. The monoisotopic (exact) mass is 209 g/mol. The van der Waals surface area contributed by atoms with Gasteiger partial charge in [-0.15, -0.1) is 0 Å². The largest absolute Gasteiger partial charge is 0.508 e. The molecule has 1 aromatic carbocycles. The van der Waals surface area contributed by atoms with E-state index in [0.29, 0.717) is 0 Å². The number of aromatic hydroxyl groups is 2. The zero-order valence-corrected chi connectivity index (χ0v) is 8.82. The predicted octanol–water partition coefficient (Wildman–Crippen LogP) is 1.63. The van der Waals surface area contributed by atoms with Crippen LogP contribution in [0.3, 0.4) is 0 Å². The molecule has 0 heterocycles. The number of amides is 1. The van der Waals surface area contributed by atoms with Gasteiger partial charge in [0.2, 0.25) is 0 Å². The quantitative estimate of drug-likeness (QED) is 0.708. The molecule has 15 heavy (non-hydrogen) atoms. The van der Waals surface area contributed by atoms with E-state index in [9.17, 15) is 15.0 Å². The summed E-state index contributed by atoms with van der Waals surface area (Å²) in [6, 6.07) is 3.89. The minimum atomic E-state index is -0.296. The minimum absolute atomic E-state index is 0.0713. The first-order chi connectivity index (χ1) is 7.02. The van der Waals surface area contributed by atoms with Gasteiger partial charge in [0.15, 0.2) is 0 Å². The lowest BCUT2D eigenvalue weighted by Gasteiger charge is -2.11. The van der Waals surface area contributed by atoms with Crippen LogP contribution < -0.4 is 5.32 Å². The zero-order valence-electron chi connectivity index (χ0n) is 8.82. The molecule has 82 valence electrons. The van der Waals surface area contributed by atoms with Gasteiger partial charge in [-0.25, -0.2) is 0 Å². The summed E-state index contributed by atoms with van der Waals surface area (Å²) in [5, 5.41) is 21.1. The van der Waals surface area contributed by atoms with Gasteiger partial charge < -0.3 is 15.5 Å². The molecule has 0 saturated carbocycles. The van der Waals surface area contributed by atoms with Gasteiger partial charge in [0, 0.05) is 17.7 Å². The Labute approximate surface area is 88.6 Å². The number of hydrogen-bond donors (Lipinski definition) is 3. The van der Waals surface area contributed by atoms with Gasteiger partial charge in [-0.3, -0.25) is 4.79 Å². The van der Waals surface area contributed by atoms with Crippen LogP contribution in [-0.4, -0.2) is 22.2 Å². The highest BCUT2D eigenvalue weighted by Gasteiger charge is 2.10. The normalized spacial score (nSPS) is 12.1. The summed E-state index contributed by atoms with van der Waals surface area (Å²) >= 11 is 0. The van der Waals surface area contributed by atoms with Crippen molar-refractivity contribution in [2.45, 2.75) is 26.3 Å². The molecular formula is C11H15NO3. The molecule has 1 amide bonds. The number of nitrogens with one attached hydrogen (secondary N) is 1. The zero-order chi connectivity index (χ0) is 11.4. The van der Waals surface area contributed by atoms with Crippen LogP contribution in [0.2, 0.25) is 0 Å². The third-order valence-corrected chi connectivity index (χ3v) is 2.15. The van der Waals surface area contributed by atoms with Crippen molar-refractivity contribution < 1.29 is 15.0 Å². The lowest BCUT2D eigenvalue weighted by atomic mass is 10.1. The molecule has 1 atom stereocenters. The van der Waals surface area contributed by atoms with E-state index in [1.165, 1.54) is 18.2 Å². The lowest BCUT2D eigenvalue weighted by molar-refractivity contribution is 0.0938. The van der Waals surface area contributed by atoms with Gasteiger partial charge in [-0.2, -0.15) is 0 Å². The van der Waals surface area contributed by atoms with Crippen LogP contribution in [0.15, 0.2) is 18.2 Å². The summed E-state index contributed by atoms with van der Waals surface area (Å²) in [5.41, 5.74) is 0.257. The highest BCUT2D eigenvalue weighted by Crippen LogP contribution is 2.20. The van der Waals surface area contributed by atoms with Crippen LogP contribution in [0.4, 0.5) is 0 Å². The number of rotatable bonds is 3. The van der Waals surface area contributed by atoms with Crippen molar-refractivity contribution in [3.8, 4) is 11.5 Å². The van der Waals surface area contributed by atoms with Crippen LogP contribution in [0.1, 0.15) is 30.6 Å². The second-order valence-corrected chi connectivity index (χ2v) is 3.52. The molecule has 0 aliphatic heterocycles. The van der Waals surface area contributed by atoms with Crippen molar-refractivity contribution in [3.63, 3.8) is 0 Å². The van der Waals surface area contributed by atoms with Crippen molar-refractivity contribution in [1.82, 2.24) is 5.32 Å². The standard InChI is InChI=1S/C11H15NO3/c1-3-7(2)12-11(15)8-4-9(13)6-10(14)5-8/h4-7,13-14H,3H2,1-2H3,(H,12,15). The Hall–Kier alpha value is -1.71. The second kappa shape index (κ2) is 4.68. The summed E-state index contributed by atoms with van der Waals surface area (Å²) < 4.78 is 0. The Morgan fingerprint density at radius 1 is 1.33 bits per heavy atom. The van der Waals surface area contributed by atoms with Crippen molar-refractivity contribution >= 4 is 5.91 Å². The van der Waals surface area contributed by atoms with Crippen molar-refractivity contribution in [2.24, 2.45) is 0 Å². The van der Waals surface area contributed by atoms with Crippen LogP contribution in [0.25, 0.3) is 0 Å². The fraction of sp³-hybridized carbons (Fsp3) is 0.364. The van der Waals surface area contributed by atoms with Gasteiger partial charge in [0.25, 0.3) is 5.91 Å². The van der Waals surface area contributed by atoms with Crippen molar-refractivity contribution in [2.75, 3.05) is 0 Å². The van der Waals surface area contributed by atoms with E-state index in [1.807, 2.05) is 13.8 Å². The van der Waals surface area contributed by atoms with Gasteiger partial charge >= 0.3 is 0 Å². The van der Waals surface area contributed by atoms with E-state index in [1.54, 1.807) is 0 Å². The first-order valence-corrected chi connectivity index (χ1v) is 4.86. The summed E-state index contributed by atoms with van der Waals surface area (Å²) in [5.74, 6) is -0.538. The highest BCUT2D eigenvalue weighted by atomic mass is 16.3. The molecular weight excluding hydrogens is 194 g/mol. The molecule has 0 aliphatic carbocycles. The maximum Gasteiger partial charge on any atom is 0.251 e. The van der Waals surface area contributed by atoms with E-state index in [4.69, 9.17) is 0 Å². The third-order valence-electron chi connectivity index (χ3n) is 2.15. The van der Waals surface area contributed by atoms with E-state index in [0.717, 1.165) is 6.42 Å². The average Bonchev–Trinajstić information content (AvgIpc) is 2.16. The number of carbonyl (C=O) groups is 1. The SMILES string of the molecule is CCC(C)NC(=O)c1cc(O)cc(O)c1. The molecule has 0 aromatic heterocycles. The maximum absolute atomic E-state index is 11.6. The second-order valence-electron chi connectivity index (χ2n) is 3.52. The average molecular weight is 209 g/mol. The molecule has 3 N–H and O–H groups in total. The van der Waals surface area contributed by atoms with E-state index in [2.05, 4.69) is 5.32 Å². The van der Waals surface area contributed by atoms with E-state index in [-0.39, 0.29) is 29.0 Å². The third kappa shape index (κ3) is 3.16. The summed E-state index contributed by atoms with van der Waals surface area (Å²) in [4.78, 5) is 11.6. The molecule has 0 aliphatic rings. The number of phenolic OH excluding ortho intramolecular Hbond substituents is 2. The molecule has 0 saturated heterocycles. The molecule has 0 fully saturated rings. The first kappa shape index (κ1) is 11.4. The van der Waals surface area contributed by atoms with E-state index < -0.39 is 0 Å². The van der Waals surface area contributed by atoms with Crippen LogP contribution in [-0.2, 0) is 0 Å². The Kier molecular flexibility index (Phi) is 3.55. The molecule has 0 spiro atoms. The number of phenols is 2. The van der Waals surface area contributed by atoms with Crippen LogP contribution in [0, 0.1) is 0 Å². The predicted molar refractivity (Wildman–Crippen MR) is 57.0 cm³/mol. The van der Waals surface area contributed by atoms with Gasteiger partial charge in [-0.1, -0.05) is 6.92 Å². The van der Waals surface area contributed by atoms with E-state index >= 15 is 0 Å². The fourth-order valence-electron chi connectivity index (χ4n) is 1.14. The van der Waals surface area contributed by atoms with Crippen LogP contribution >= 0.6 is 0 Å². The Morgan fingerprint density at radius 3 is 2.33 bits per heavy atom. The molecule has 1 rings (SSSR count). The van der Waals surface area contributed by atoms with Gasteiger partial charge in [-0.05, 0) is 25.5 Å². The maximum atomic E-state index is 11.6. The molecule has 0 radical (unpaired) electrons. The number of hydrogen-bond acceptors (Lipinski definition) is 3. The molecule has 4 nitrogen and oxygen atoms in total. The van der Waals surface area contributed by atoms with Crippen LogP contribution in [0.5, 0.6) is 11.5 Å². The van der Waals surface area contributed by atoms with Gasteiger partial charge in [0.1, 0.15) is 11.5 Å². The number of benzene rings is 1. The Morgan fingerprint density at radius 2 is 1.87 bits per heavy atom. The molecule has 1 aromatic rings. The summed E-state index contributed by atoms with van der Waals surface area (Å²) in [7, 11) is 0. The number of carbonyl (C=O) groups excluding carboxylic acids is 1. The Balaban J connectivity index is 2.82. The summed E-state index contributed by atoms with van der Waals surface area (Å²) in [6.07, 6.45) is 0.830. The molecule has 4 heteroatoms. The van der Waals surface area contributed by atoms with Crippen molar-refractivity contribution in [1.29, 1.82) is 0 Å². The molecule has 1 unspecified atom stereocenters. The highest BCUT2D eigenvalue weighted by molar-refractivity contribution is 5.95. The lowest BCUT2D eigenvalue weighted by Crippen LogP contribution is -2.31. The smallest absolute Gasteiger partial charge is 0.251 e. The first-order valence-electron chi connectivity index (χ1n) is 4.86. The molecule has 0 bridgehead atoms. The topological polar surface area (TPSA) is 69.6 Å². The van der Waals surface area contributed by atoms with Gasteiger partial charge in [0.05, 0.1) is 0 Å². The Bertz CT molecular complexity index is 343. The summed E-state index contributed by atoms with van der Waals surface area (Å²) in [6.45, 7) is 3.85.